The third-order valence-electron chi connectivity index (χ3n) is 1.97. The van der Waals surface area contributed by atoms with Crippen molar-refractivity contribution in [1.82, 2.24) is 15.3 Å². The molecule has 0 saturated heterocycles. The Morgan fingerprint density at radius 2 is 2.20 bits per heavy atom. The number of carboxylic acids is 1. The van der Waals surface area contributed by atoms with E-state index in [2.05, 4.69) is 20.6 Å². The summed E-state index contributed by atoms with van der Waals surface area (Å²) in [7, 11) is 0. The van der Waals surface area contributed by atoms with Crippen LogP contribution < -0.4 is 10.6 Å². The number of hydrogen-bond donors (Lipinski definition) is 3. The number of nitrogens with zero attached hydrogens (tertiary/aromatic N) is 2. The minimum absolute atomic E-state index is 0.209. The Balaban J connectivity index is 2.33. The molecule has 2 amide bonds. The van der Waals surface area contributed by atoms with E-state index in [1.165, 1.54) is 12.4 Å². The molecule has 78 valence electrons. The second-order valence-electron chi connectivity index (χ2n) is 3.04. The lowest BCUT2D eigenvalue weighted by Crippen LogP contribution is -2.39. The summed E-state index contributed by atoms with van der Waals surface area (Å²) < 4.78 is 0. The molecule has 3 N–H and O–H groups in total. The first-order chi connectivity index (χ1) is 7.16. The molecule has 1 aromatic heterocycles. The summed E-state index contributed by atoms with van der Waals surface area (Å²) >= 11 is 0. The Kier molecular flexibility index (Phi) is 2.20. The number of anilines is 1. The van der Waals surface area contributed by atoms with Crippen LogP contribution in [0.1, 0.15) is 18.2 Å². The van der Waals surface area contributed by atoms with Crippen LogP contribution in [0.15, 0.2) is 12.4 Å². The minimum atomic E-state index is -1.00. The molecule has 7 heteroatoms. The predicted octanol–water partition coefficient (Wildman–Crippen LogP) is 0.127. The molecule has 0 spiro atoms. The van der Waals surface area contributed by atoms with Crippen LogP contribution >= 0.6 is 0 Å². The topological polar surface area (TPSA) is 104 Å². The van der Waals surface area contributed by atoms with Crippen molar-refractivity contribution >= 4 is 17.8 Å². The molecule has 1 aliphatic rings. The minimum Gasteiger partial charge on any atom is -0.481 e. The molecule has 15 heavy (non-hydrogen) atoms. The molecule has 1 unspecified atom stereocenters. The van der Waals surface area contributed by atoms with Gasteiger partial charge in [-0.1, -0.05) is 0 Å². The van der Waals surface area contributed by atoms with E-state index in [1.807, 2.05) is 0 Å². The van der Waals surface area contributed by atoms with Gasteiger partial charge in [-0.05, 0) is 0 Å². The predicted molar refractivity (Wildman–Crippen MR) is 49.2 cm³/mol. The third kappa shape index (κ3) is 1.85. The van der Waals surface area contributed by atoms with Gasteiger partial charge in [0.2, 0.25) is 0 Å². The largest absolute Gasteiger partial charge is 0.481 e. The lowest BCUT2D eigenvalue weighted by atomic mass is 10.1. The van der Waals surface area contributed by atoms with Crippen molar-refractivity contribution in [2.24, 2.45) is 0 Å². The van der Waals surface area contributed by atoms with Crippen LogP contribution in [0, 0.1) is 0 Å². The van der Waals surface area contributed by atoms with Gasteiger partial charge in [-0.15, -0.1) is 0 Å². The van der Waals surface area contributed by atoms with Crippen molar-refractivity contribution in [3.8, 4) is 0 Å². The zero-order chi connectivity index (χ0) is 10.8. The van der Waals surface area contributed by atoms with E-state index in [1.54, 1.807) is 0 Å². The van der Waals surface area contributed by atoms with Gasteiger partial charge in [-0.2, -0.15) is 0 Å². The number of urea groups is 1. The summed E-state index contributed by atoms with van der Waals surface area (Å²) in [4.78, 5) is 29.6. The second kappa shape index (κ2) is 3.52. The number of carboxylic acid groups (broad SMARTS) is 1. The highest BCUT2D eigenvalue weighted by Gasteiger charge is 2.27. The number of carbonyl (C=O) groups excluding carboxylic acids is 1. The molecule has 7 nitrogen and oxygen atoms in total. The van der Waals surface area contributed by atoms with Gasteiger partial charge < -0.3 is 10.4 Å². The van der Waals surface area contributed by atoms with E-state index >= 15 is 0 Å². The summed E-state index contributed by atoms with van der Waals surface area (Å²) in [6, 6.07) is -1.09. The van der Waals surface area contributed by atoms with Crippen molar-refractivity contribution in [3.05, 3.63) is 18.1 Å². The van der Waals surface area contributed by atoms with E-state index in [-0.39, 0.29) is 6.42 Å². The smallest absolute Gasteiger partial charge is 0.321 e. The molecule has 1 aliphatic heterocycles. The molecule has 1 aromatic rings. The molecule has 0 fully saturated rings. The average molecular weight is 208 g/mol. The second-order valence-corrected chi connectivity index (χ2v) is 3.04. The van der Waals surface area contributed by atoms with E-state index in [4.69, 9.17) is 5.11 Å². The maximum absolute atomic E-state index is 11.1. The normalized spacial score (nSPS) is 18.7. The van der Waals surface area contributed by atoms with Gasteiger partial charge in [-0.3, -0.25) is 15.1 Å². The molecule has 1 atom stereocenters. The Morgan fingerprint density at radius 1 is 1.47 bits per heavy atom. The quantitative estimate of drug-likeness (QED) is 0.640. The monoisotopic (exact) mass is 208 g/mol. The highest BCUT2D eigenvalue weighted by atomic mass is 16.4. The summed E-state index contributed by atoms with van der Waals surface area (Å²) in [5, 5.41) is 13.6. The Labute approximate surface area is 84.5 Å². The molecular weight excluding hydrogens is 200 g/mol. The average Bonchev–Trinajstić information content (AvgIpc) is 2.16. The number of nitrogens with one attached hydrogen (secondary N) is 2. The van der Waals surface area contributed by atoms with Crippen LogP contribution in [0.5, 0.6) is 0 Å². The lowest BCUT2D eigenvalue weighted by Gasteiger charge is -2.23. The summed E-state index contributed by atoms with van der Waals surface area (Å²) in [6.07, 6.45) is 2.67. The van der Waals surface area contributed by atoms with Crippen molar-refractivity contribution in [2.75, 3.05) is 5.32 Å². The first-order valence-electron chi connectivity index (χ1n) is 4.27. The summed E-state index contributed by atoms with van der Waals surface area (Å²) in [5.74, 6) is -0.689. The number of aromatic nitrogens is 2. The molecule has 0 bridgehead atoms. The standard InChI is InChI=1S/C8H8N4O3/c13-5(14)3-4-6-7(10-2-1-9-6)12-8(15)11-4/h1-2,4H,3H2,(H,13,14)(H2,10,11,12,15). The number of fused-ring (bicyclic) bond motifs is 1. The van der Waals surface area contributed by atoms with E-state index in [0.717, 1.165) is 0 Å². The zero-order valence-electron chi connectivity index (χ0n) is 7.60. The maximum Gasteiger partial charge on any atom is 0.321 e. The van der Waals surface area contributed by atoms with E-state index in [9.17, 15) is 9.59 Å². The van der Waals surface area contributed by atoms with E-state index in [0.29, 0.717) is 11.5 Å². The number of amides is 2. The van der Waals surface area contributed by atoms with Crippen LogP contribution in [0.4, 0.5) is 10.6 Å². The summed E-state index contributed by atoms with van der Waals surface area (Å²) in [6.45, 7) is 0. The molecule has 0 aromatic carbocycles. The van der Waals surface area contributed by atoms with Crippen LogP contribution in [-0.4, -0.2) is 27.1 Å². The Morgan fingerprint density at radius 3 is 2.93 bits per heavy atom. The molecule has 0 aliphatic carbocycles. The molecule has 2 rings (SSSR count). The highest BCUT2D eigenvalue weighted by molar-refractivity contribution is 5.91. The van der Waals surface area contributed by atoms with Gasteiger partial charge in [0.05, 0.1) is 12.5 Å². The lowest BCUT2D eigenvalue weighted by molar-refractivity contribution is -0.137. The van der Waals surface area contributed by atoms with Gasteiger partial charge in [0.15, 0.2) is 5.82 Å². The molecular formula is C8H8N4O3. The first-order valence-corrected chi connectivity index (χ1v) is 4.27. The fourth-order valence-electron chi connectivity index (χ4n) is 1.39. The van der Waals surface area contributed by atoms with Gasteiger partial charge in [0.25, 0.3) is 0 Å². The Hall–Kier alpha value is -2.18. The van der Waals surface area contributed by atoms with Gasteiger partial charge in [0.1, 0.15) is 5.69 Å². The van der Waals surface area contributed by atoms with Crippen LogP contribution in [0.3, 0.4) is 0 Å². The van der Waals surface area contributed by atoms with Crippen LogP contribution in [-0.2, 0) is 4.79 Å². The number of aliphatic carboxylic acids is 1. The van der Waals surface area contributed by atoms with E-state index < -0.39 is 18.0 Å². The van der Waals surface area contributed by atoms with Crippen molar-refractivity contribution in [3.63, 3.8) is 0 Å². The van der Waals surface area contributed by atoms with Crippen LogP contribution in [0.2, 0.25) is 0 Å². The first kappa shape index (κ1) is 9.38. The Bertz CT molecular complexity index is 420. The van der Waals surface area contributed by atoms with Gasteiger partial charge in [0, 0.05) is 12.4 Å². The molecule has 0 saturated carbocycles. The summed E-state index contributed by atoms with van der Waals surface area (Å²) in [5.41, 5.74) is 0.444. The zero-order valence-corrected chi connectivity index (χ0v) is 7.60. The van der Waals surface area contributed by atoms with Crippen LogP contribution in [0.25, 0.3) is 0 Å². The van der Waals surface area contributed by atoms with Crippen molar-refractivity contribution in [1.29, 1.82) is 0 Å². The number of hydrogen-bond acceptors (Lipinski definition) is 4. The van der Waals surface area contributed by atoms with Gasteiger partial charge in [-0.25, -0.2) is 9.78 Å². The highest BCUT2D eigenvalue weighted by Crippen LogP contribution is 2.24. The number of rotatable bonds is 2. The maximum atomic E-state index is 11.1. The van der Waals surface area contributed by atoms with Crippen molar-refractivity contribution < 1.29 is 14.7 Å². The SMILES string of the molecule is O=C(O)CC1NC(=O)Nc2nccnc21. The number of carbonyl (C=O) groups is 2. The fourth-order valence-corrected chi connectivity index (χ4v) is 1.39. The fraction of sp³-hybridized carbons (Fsp3) is 0.250. The van der Waals surface area contributed by atoms with Crippen molar-refractivity contribution in [2.45, 2.75) is 12.5 Å². The molecule has 2 heterocycles. The third-order valence-corrected chi connectivity index (χ3v) is 1.97. The van der Waals surface area contributed by atoms with Gasteiger partial charge >= 0.3 is 12.0 Å². The molecule has 0 radical (unpaired) electrons.